The SMILES string of the molecule is O=S(=O)(O)CCCCCCCCCCCCCCc1ccccc1. The average Bonchev–Trinajstić information content (AvgIpc) is 2.55. The Kier molecular flexibility index (Phi) is 11.8. The van der Waals surface area contributed by atoms with Gasteiger partial charge in [0.25, 0.3) is 10.1 Å². The summed E-state index contributed by atoms with van der Waals surface area (Å²) in [5, 5.41) is 0. The summed E-state index contributed by atoms with van der Waals surface area (Å²) >= 11 is 0. The van der Waals surface area contributed by atoms with E-state index in [9.17, 15) is 8.42 Å². The molecule has 0 aromatic heterocycles. The Morgan fingerprint density at radius 1 is 0.625 bits per heavy atom. The van der Waals surface area contributed by atoms with Gasteiger partial charge in [-0.1, -0.05) is 94.5 Å². The van der Waals surface area contributed by atoms with Crippen LogP contribution < -0.4 is 0 Å². The van der Waals surface area contributed by atoms with E-state index in [1.807, 2.05) is 0 Å². The first kappa shape index (κ1) is 21.2. The number of aryl methyl sites for hydroxylation is 1. The lowest BCUT2D eigenvalue weighted by atomic mass is 10.0. The summed E-state index contributed by atoms with van der Waals surface area (Å²) < 4.78 is 29.7. The molecule has 1 aromatic rings. The fraction of sp³-hybridized carbons (Fsp3) is 0.700. The average molecular weight is 355 g/mol. The Bertz CT molecular complexity index is 497. The number of hydrogen-bond acceptors (Lipinski definition) is 2. The van der Waals surface area contributed by atoms with Crippen molar-refractivity contribution >= 4 is 10.1 Å². The van der Waals surface area contributed by atoms with Crippen LogP contribution in [0.5, 0.6) is 0 Å². The molecule has 0 heterocycles. The molecule has 0 atom stereocenters. The second-order valence-corrected chi connectivity index (χ2v) is 8.34. The van der Waals surface area contributed by atoms with Gasteiger partial charge in [0, 0.05) is 0 Å². The van der Waals surface area contributed by atoms with Gasteiger partial charge in [-0.25, -0.2) is 0 Å². The van der Waals surface area contributed by atoms with E-state index in [0.29, 0.717) is 6.42 Å². The van der Waals surface area contributed by atoms with E-state index >= 15 is 0 Å². The molecule has 1 N–H and O–H groups in total. The van der Waals surface area contributed by atoms with Gasteiger partial charge in [0.1, 0.15) is 0 Å². The van der Waals surface area contributed by atoms with E-state index in [1.165, 1.54) is 69.8 Å². The Morgan fingerprint density at radius 3 is 1.50 bits per heavy atom. The normalized spacial score (nSPS) is 11.7. The third-order valence-corrected chi connectivity index (χ3v) is 5.27. The highest BCUT2D eigenvalue weighted by Gasteiger charge is 2.02. The molecule has 0 unspecified atom stereocenters. The molecule has 138 valence electrons. The number of unbranched alkanes of at least 4 members (excludes halogenated alkanes) is 11. The summed E-state index contributed by atoms with van der Waals surface area (Å²) in [6, 6.07) is 10.7. The van der Waals surface area contributed by atoms with Crippen molar-refractivity contribution in [3.63, 3.8) is 0 Å². The van der Waals surface area contributed by atoms with E-state index in [1.54, 1.807) is 0 Å². The predicted molar refractivity (Wildman–Crippen MR) is 102 cm³/mol. The second kappa shape index (κ2) is 13.4. The number of rotatable bonds is 15. The van der Waals surface area contributed by atoms with E-state index < -0.39 is 10.1 Å². The van der Waals surface area contributed by atoms with Gasteiger partial charge in [0.2, 0.25) is 0 Å². The maximum Gasteiger partial charge on any atom is 0.264 e. The fourth-order valence-corrected chi connectivity index (χ4v) is 3.59. The molecule has 1 rings (SSSR count). The van der Waals surface area contributed by atoms with E-state index in [4.69, 9.17) is 4.55 Å². The summed E-state index contributed by atoms with van der Waals surface area (Å²) in [6.45, 7) is 0. The summed E-state index contributed by atoms with van der Waals surface area (Å²) in [4.78, 5) is 0. The third-order valence-electron chi connectivity index (χ3n) is 4.46. The largest absolute Gasteiger partial charge is 0.286 e. The molecular weight excluding hydrogens is 320 g/mol. The number of benzene rings is 1. The van der Waals surface area contributed by atoms with Gasteiger partial charge in [-0.05, 0) is 24.8 Å². The van der Waals surface area contributed by atoms with Crippen molar-refractivity contribution in [2.75, 3.05) is 5.75 Å². The lowest BCUT2D eigenvalue weighted by Gasteiger charge is -2.03. The molecule has 0 aliphatic carbocycles. The van der Waals surface area contributed by atoms with Gasteiger partial charge in [0.05, 0.1) is 5.75 Å². The highest BCUT2D eigenvalue weighted by atomic mass is 32.2. The van der Waals surface area contributed by atoms with Gasteiger partial charge in [-0.2, -0.15) is 8.42 Å². The molecule has 0 aliphatic heterocycles. The summed E-state index contributed by atoms with van der Waals surface area (Å²) in [5.74, 6) is -0.0860. The van der Waals surface area contributed by atoms with Crippen molar-refractivity contribution in [1.82, 2.24) is 0 Å². The van der Waals surface area contributed by atoms with Gasteiger partial charge in [0.15, 0.2) is 0 Å². The molecule has 24 heavy (non-hydrogen) atoms. The van der Waals surface area contributed by atoms with Gasteiger partial charge in [-0.15, -0.1) is 0 Å². The van der Waals surface area contributed by atoms with Crippen molar-refractivity contribution in [2.45, 2.75) is 83.5 Å². The van der Waals surface area contributed by atoms with Crippen molar-refractivity contribution in [3.05, 3.63) is 35.9 Å². The maximum absolute atomic E-state index is 10.6. The molecule has 4 heteroatoms. The topological polar surface area (TPSA) is 54.4 Å². The lowest BCUT2D eigenvalue weighted by Crippen LogP contribution is -2.03. The van der Waals surface area contributed by atoms with Crippen LogP contribution in [0.15, 0.2) is 30.3 Å². The van der Waals surface area contributed by atoms with Crippen LogP contribution in [0.2, 0.25) is 0 Å². The quantitative estimate of drug-likeness (QED) is 0.320. The highest BCUT2D eigenvalue weighted by molar-refractivity contribution is 7.85. The Hall–Kier alpha value is -0.870. The molecular formula is C20H34O3S. The summed E-state index contributed by atoms with van der Waals surface area (Å²) in [6.07, 6.45) is 15.5. The van der Waals surface area contributed by atoms with E-state index in [-0.39, 0.29) is 5.75 Å². The summed E-state index contributed by atoms with van der Waals surface area (Å²) in [5.41, 5.74) is 1.45. The Morgan fingerprint density at radius 2 is 1.04 bits per heavy atom. The smallest absolute Gasteiger partial charge is 0.264 e. The van der Waals surface area contributed by atoms with E-state index in [0.717, 1.165) is 12.8 Å². The van der Waals surface area contributed by atoms with E-state index in [2.05, 4.69) is 30.3 Å². The van der Waals surface area contributed by atoms with Crippen LogP contribution in [0.4, 0.5) is 0 Å². The molecule has 0 spiro atoms. The third kappa shape index (κ3) is 13.6. The molecule has 0 radical (unpaired) electrons. The summed E-state index contributed by atoms with van der Waals surface area (Å²) in [7, 11) is -3.75. The standard InChI is InChI=1S/C20H34O3S/c21-24(22,23)19-15-10-8-6-4-2-1-3-5-7-9-12-16-20-17-13-11-14-18-20/h11,13-14,17-18H,1-10,12,15-16,19H2,(H,21,22,23). The van der Waals surface area contributed by atoms with Crippen molar-refractivity contribution < 1.29 is 13.0 Å². The lowest BCUT2D eigenvalue weighted by molar-refractivity contribution is 0.478. The van der Waals surface area contributed by atoms with Gasteiger partial charge >= 0.3 is 0 Å². The fourth-order valence-electron chi connectivity index (χ4n) is 3.03. The van der Waals surface area contributed by atoms with Crippen LogP contribution in [0, 0.1) is 0 Å². The first-order chi connectivity index (χ1) is 11.6. The molecule has 0 fully saturated rings. The molecule has 0 saturated carbocycles. The maximum atomic E-state index is 10.6. The zero-order valence-corrected chi connectivity index (χ0v) is 15.8. The Balaban J connectivity index is 1.76. The minimum absolute atomic E-state index is 0.0860. The Labute approximate surface area is 148 Å². The molecule has 0 amide bonds. The molecule has 3 nitrogen and oxygen atoms in total. The van der Waals surface area contributed by atoms with Crippen LogP contribution in [-0.2, 0) is 16.5 Å². The zero-order chi connectivity index (χ0) is 17.5. The molecule has 0 bridgehead atoms. The second-order valence-electron chi connectivity index (χ2n) is 6.76. The zero-order valence-electron chi connectivity index (χ0n) is 15.0. The van der Waals surface area contributed by atoms with Crippen molar-refractivity contribution in [2.24, 2.45) is 0 Å². The molecule has 0 saturated heterocycles. The number of hydrogen-bond donors (Lipinski definition) is 1. The van der Waals surface area contributed by atoms with Crippen LogP contribution >= 0.6 is 0 Å². The van der Waals surface area contributed by atoms with Crippen LogP contribution in [0.3, 0.4) is 0 Å². The van der Waals surface area contributed by atoms with Crippen LogP contribution in [-0.4, -0.2) is 18.7 Å². The van der Waals surface area contributed by atoms with Gasteiger partial charge in [-0.3, -0.25) is 4.55 Å². The van der Waals surface area contributed by atoms with Crippen molar-refractivity contribution in [3.8, 4) is 0 Å². The molecule has 1 aromatic carbocycles. The van der Waals surface area contributed by atoms with Crippen molar-refractivity contribution in [1.29, 1.82) is 0 Å². The minimum Gasteiger partial charge on any atom is -0.286 e. The molecule has 0 aliphatic rings. The van der Waals surface area contributed by atoms with Gasteiger partial charge < -0.3 is 0 Å². The first-order valence-corrected chi connectivity index (χ1v) is 11.2. The first-order valence-electron chi connectivity index (χ1n) is 9.57. The highest BCUT2D eigenvalue weighted by Crippen LogP contribution is 2.13. The predicted octanol–water partition coefficient (Wildman–Crippen LogP) is 5.80. The van der Waals surface area contributed by atoms with Crippen LogP contribution in [0.25, 0.3) is 0 Å². The monoisotopic (exact) mass is 354 g/mol. The van der Waals surface area contributed by atoms with Crippen LogP contribution in [0.1, 0.15) is 82.6 Å². The minimum atomic E-state index is -3.75.